The SMILES string of the molecule is COC(=O)CCCCc1nc2cc(C(=N)CC(C)(O)c3nc4ccccc4o3)ccc2c(=O)n1-c1ccc(F)cc1. The maximum Gasteiger partial charge on any atom is 0.305 e. The van der Waals surface area contributed by atoms with Crippen molar-refractivity contribution in [3.05, 3.63) is 100 Å². The van der Waals surface area contributed by atoms with Crippen LogP contribution >= 0.6 is 0 Å². The van der Waals surface area contributed by atoms with Crippen molar-refractivity contribution in [2.24, 2.45) is 0 Å². The molecule has 2 N–H and O–H groups in total. The molecule has 41 heavy (non-hydrogen) atoms. The molecule has 210 valence electrons. The average Bonchev–Trinajstić information content (AvgIpc) is 3.41. The van der Waals surface area contributed by atoms with Gasteiger partial charge in [-0.25, -0.2) is 14.4 Å². The number of nitrogens with zero attached hydrogens (tertiary/aromatic N) is 3. The van der Waals surface area contributed by atoms with Gasteiger partial charge in [0.25, 0.3) is 5.56 Å². The van der Waals surface area contributed by atoms with E-state index in [1.54, 1.807) is 37.3 Å². The molecule has 0 spiro atoms. The number of carbonyl (C=O) groups excluding carboxylic acids is 1. The van der Waals surface area contributed by atoms with Crippen molar-refractivity contribution in [1.82, 2.24) is 14.5 Å². The van der Waals surface area contributed by atoms with Crippen LogP contribution < -0.4 is 5.56 Å². The van der Waals surface area contributed by atoms with Gasteiger partial charge in [0.15, 0.2) is 5.58 Å². The van der Waals surface area contributed by atoms with Gasteiger partial charge in [-0.1, -0.05) is 18.2 Å². The minimum atomic E-state index is -1.55. The Bertz CT molecular complexity index is 1770. The smallest absolute Gasteiger partial charge is 0.305 e. The van der Waals surface area contributed by atoms with Gasteiger partial charge in [-0.05, 0) is 73.9 Å². The van der Waals surface area contributed by atoms with E-state index in [-0.39, 0.29) is 36.0 Å². The molecule has 5 rings (SSSR count). The molecule has 3 aromatic carbocycles. The highest BCUT2D eigenvalue weighted by atomic mass is 19.1. The summed E-state index contributed by atoms with van der Waals surface area (Å²) in [5, 5.41) is 20.2. The zero-order valence-electron chi connectivity index (χ0n) is 22.7. The molecule has 5 aromatic rings. The lowest BCUT2D eigenvalue weighted by molar-refractivity contribution is -0.140. The summed E-state index contributed by atoms with van der Waals surface area (Å²) >= 11 is 0. The number of hydrogen-bond donors (Lipinski definition) is 2. The Labute approximate surface area is 234 Å². The van der Waals surface area contributed by atoms with Crippen LogP contribution in [0, 0.1) is 11.2 Å². The average molecular weight is 557 g/mol. The van der Waals surface area contributed by atoms with Crippen LogP contribution in [0.2, 0.25) is 0 Å². The molecule has 0 saturated heterocycles. The summed E-state index contributed by atoms with van der Waals surface area (Å²) in [7, 11) is 1.33. The van der Waals surface area contributed by atoms with Gasteiger partial charge in [0.05, 0.1) is 23.7 Å². The van der Waals surface area contributed by atoms with Crippen LogP contribution in [0.5, 0.6) is 0 Å². The Balaban J connectivity index is 1.47. The number of aryl methyl sites for hydroxylation is 1. The molecule has 10 heteroatoms. The zero-order valence-corrected chi connectivity index (χ0v) is 22.7. The highest BCUT2D eigenvalue weighted by molar-refractivity contribution is 6.01. The topological polar surface area (TPSA) is 131 Å². The molecular formula is C31H29FN4O5. The lowest BCUT2D eigenvalue weighted by atomic mass is 9.94. The number of hydrogen-bond acceptors (Lipinski definition) is 8. The van der Waals surface area contributed by atoms with Crippen LogP contribution in [0.25, 0.3) is 27.7 Å². The fourth-order valence-corrected chi connectivity index (χ4v) is 4.72. The number of nitrogens with one attached hydrogen (secondary N) is 1. The fourth-order valence-electron chi connectivity index (χ4n) is 4.72. The van der Waals surface area contributed by atoms with Gasteiger partial charge < -0.3 is 19.7 Å². The van der Waals surface area contributed by atoms with Crippen LogP contribution in [-0.2, 0) is 21.6 Å². The van der Waals surface area contributed by atoms with E-state index in [4.69, 9.17) is 19.5 Å². The van der Waals surface area contributed by atoms with Crippen molar-refractivity contribution < 1.29 is 23.4 Å². The molecule has 0 aliphatic rings. The van der Waals surface area contributed by atoms with E-state index >= 15 is 0 Å². The molecule has 0 amide bonds. The highest BCUT2D eigenvalue weighted by Gasteiger charge is 2.31. The molecule has 2 aromatic heterocycles. The number of para-hydroxylation sites is 2. The van der Waals surface area contributed by atoms with Crippen LogP contribution in [0.4, 0.5) is 4.39 Å². The number of aliphatic hydroxyl groups is 1. The van der Waals surface area contributed by atoms with Gasteiger partial charge >= 0.3 is 5.97 Å². The van der Waals surface area contributed by atoms with Crippen molar-refractivity contribution in [1.29, 1.82) is 5.41 Å². The van der Waals surface area contributed by atoms with Crippen molar-refractivity contribution in [2.75, 3.05) is 7.11 Å². The number of unbranched alkanes of at least 4 members (excludes halogenated alkanes) is 1. The third-order valence-electron chi connectivity index (χ3n) is 6.91. The molecule has 2 heterocycles. The molecule has 1 atom stereocenters. The number of aromatic nitrogens is 3. The van der Waals surface area contributed by atoms with Gasteiger partial charge in [-0.3, -0.25) is 14.2 Å². The number of carbonyl (C=O) groups is 1. The molecule has 0 radical (unpaired) electrons. The molecule has 0 aliphatic carbocycles. The third-order valence-corrected chi connectivity index (χ3v) is 6.91. The largest absolute Gasteiger partial charge is 0.469 e. The van der Waals surface area contributed by atoms with E-state index in [1.807, 2.05) is 12.1 Å². The maximum atomic E-state index is 13.6. The van der Waals surface area contributed by atoms with E-state index in [9.17, 15) is 19.1 Å². The van der Waals surface area contributed by atoms with Gasteiger partial charge in [-0.15, -0.1) is 0 Å². The van der Waals surface area contributed by atoms with Crippen molar-refractivity contribution in [3.63, 3.8) is 0 Å². The van der Waals surface area contributed by atoms with E-state index in [1.165, 1.54) is 35.9 Å². The number of benzene rings is 3. The third kappa shape index (κ3) is 5.92. The summed E-state index contributed by atoms with van der Waals surface area (Å²) < 4.78 is 25.5. The van der Waals surface area contributed by atoms with Crippen molar-refractivity contribution in [3.8, 4) is 5.69 Å². The van der Waals surface area contributed by atoms with Crippen LogP contribution in [-0.4, -0.2) is 38.4 Å². The van der Waals surface area contributed by atoms with Gasteiger partial charge in [-0.2, -0.15) is 0 Å². The van der Waals surface area contributed by atoms with E-state index in [0.717, 1.165) is 0 Å². The van der Waals surface area contributed by atoms with Crippen LogP contribution in [0.1, 0.15) is 49.9 Å². The minimum absolute atomic E-state index is 0.0850. The lowest BCUT2D eigenvalue weighted by Crippen LogP contribution is -2.26. The number of esters is 1. The zero-order chi connectivity index (χ0) is 29.1. The predicted molar refractivity (Wildman–Crippen MR) is 152 cm³/mol. The Kier molecular flexibility index (Phi) is 7.76. The summed E-state index contributed by atoms with van der Waals surface area (Å²) in [5.74, 6) is -0.184. The number of methoxy groups -OCH3 is 1. The monoisotopic (exact) mass is 556 g/mol. The second kappa shape index (κ2) is 11.4. The first kappa shape index (κ1) is 27.9. The van der Waals surface area contributed by atoms with E-state index in [2.05, 4.69) is 4.98 Å². The van der Waals surface area contributed by atoms with Crippen LogP contribution in [0.15, 0.2) is 75.9 Å². The van der Waals surface area contributed by atoms with Crippen molar-refractivity contribution in [2.45, 2.75) is 44.6 Å². The second-order valence-electron chi connectivity index (χ2n) is 10.1. The molecule has 1 unspecified atom stereocenters. The van der Waals surface area contributed by atoms with E-state index < -0.39 is 11.4 Å². The Morgan fingerprint density at radius 3 is 2.56 bits per heavy atom. The lowest BCUT2D eigenvalue weighted by Gasteiger charge is -2.20. The number of halogens is 1. The molecule has 0 saturated carbocycles. The molecule has 0 aliphatic heterocycles. The van der Waals surface area contributed by atoms with Crippen molar-refractivity contribution >= 4 is 33.7 Å². The summed E-state index contributed by atoms with van der Waals surface area (Å²) in [6.07, 6.45) is 1.65. The first-order valence-electron chi connectivity index (χ1n) is 13.2. The quantitative estimate of drug-likeness (QED) is 0.137. The Morgan fingerprint density at radius 1 is 1.07 bits per heavy atom. The summed E-state index contributed by atoms with van der Waals surface area (Å²) in [6, 6.07) is 17.6. The number of oxazole rings is 1. The minimum Gasteiger partial charge on any atom is -0.469 e. The standard InChI is InChI=1S/C31H29FN4O5/c1-31(39,30-35-24-7-3-4-8-26(24)41-30)18-23(33)19-11-16-22-25(17-19)34-27(9-5-6-10-28(37)40-2)36(29(22)38)21-14-12-20(32)13-15-21/h3-4,7-8,11-17,33,39H,5-6,9-10,18H2,1-2H3. The first-order chi connectivity index (χ1) is 19.7. The molecule has 9 nitrogen and oxygen atoms in total. The van der Waals surface area contributed by atoms with Crippen LogP contribution in [0.3, 0.4) is 0 Å². The summed E-state index contributed by atoms with van der Waals surface area (Å²) in [5.41, 5.74) is 0.734. The number of rotatable bonds is 10. The number of ether oxygens (including phenoxy) is 1. The van der Waals surface area contributed by atoms with Gasteiger partial charge in [0, 0.05) is 25.0 Å². The molecule has 0 bridgehead atoms. The first-order valence-corrected chi connectivity index (χ1v) is 13.2. The maximum absolute atomic E-state index is 13.6. The fraction of sp³-hybridized carbons (Fsp3) is 0.258. The Hall–Kier alpha value is -4.70. The van der Waals surface area contributed by atoms with E-state index in [0.29, 0.717) is 58.3 Å². The van der Waals surface area contributed by atoms with Gasteiger partial charge in [0.1, 0.15) is 22.8 Å². The molecule has 0 fully saturated rings. The number of fused-ring (bicyclic) bond motifs is 2. The highest BCUT2D eigenvalue weighted by Crippen LogP contribution is 2.29. The molecular weight excluding hydrogens is 527 g/mol. The Morgan fingerprint density at radius 2 is 1.83 bits per heavy atom. The second-order valence-corrected chi connectivity index (χ2v) is 10.1. The van der Waals surface area contributed by atoms with Gasteiger partial charge in [0.2, 0.25) is 5.89 Å². The summed E-state index contributed by atoms with van der Waals surface area (Å²) in [4.78, 5) is 34.3. The summed E-state index contributed by atoms with van der Waals surface area (Å²) in [6.45, 7) is 1.54. The normalized spacial score (nSPS) is 12.9. The predicted octanol–water partition coefficient (Wildman–Crippen LogP) is 5.22.